The smallest absolute Gasteiger partial charge is 0.238 e. The second-order valence-corrected chi connectivity index (χ2v) is 5.73. The van der Waals surface area contributed by atoms with Crippen molar-refractivity contribution in [3.8, 4) is 0 Å². The molecule has 2 aromatic rings. The molecule has 0 aliphatic carbocycles. The molecule has 0 bridgehead atoms. The summed E-state index contributed by atoms with van der Waals surface area (Å²) in [6.07, 6.45) is 0. The molecule has 6 heteroatoms. The number of sulfonamides is 1. The summed E-state index contributed by atoms with van der Waals surface area (Å²) in [4.78, 5) is 0.115. The summed E-state index contributed by atoms with van der Waals surface area (Å²) in [6.45, 7) is 0.592. The van der Waals surface area contributed by atoms with E-state index in [1.807, 2.05) is 24.3 Å². The first-order valence-corrected chi connectivity index (χ1v) is 7.21. The van der Waals surface area contributed by atoms with Crippen LogP contribution in [0.4, 0.5) is 11.4 Å². The van der Waals surface area contributed by atoms with Gasteiger partial charge < -0.3 is 11.1 Å². The summed E-state index contributed by atoms with van der Waals surface area (Å²) in [5, 5.41) is 8.24. The third-order valence-corrected chi connectivity index (χ3v) is 3.59. The van der Waals surface area contributed by atoms with Crippen LogP contribution in [0.3, 0.4) is 0 Å². The molecule has 0 radical (unpaired) electrons. The molecule has 0 heterocycles. The van der Waals surface area contributed by atoms with Crippen LogP contribution in [0.1, 0.15) is 5.56 Å². The van der Waals surface area contributed by atoms with Crippen molar-refractivity contribution in [2.45, 2.75) is 11.4 Å². The van der Waals surface area contributed by atoms with Crippen LogP contribution in [0.5, 0.6) is 0 Å². The van der Waals surface area contributed by atoms with Crippen LogP contribution in [-0.4, -0.2) is 8.42 Å². The monoisotopic (exact) mass is 277 g/mol. The molecule has 0 amide bonds. The highest BCUT2D eigenvalue weighted by molar-refractivity contribution is 7.89. The molecule has 0 atom stereocenters. The minimum absolute atomic E-state index is 0.115. The Morgan fingerprint density at radius 2 is 1.53 bits per heavy atom. The quantitative estimate of drug-likeness (QED) is 0.738. The highest BCUT2D eigenvalue weighted by Crippen LogP contribution is 2.13. The number of anilines is 2. The number of hydrogen-bond donors (Lipinski definition) is 3. The first-order chi connectivity index (χ1) is 8.95. The van der Waals surface area contributed by atoms with Crippen LogP contribution in [-0.2, 0) is 16.6 Å². The van der Waals surface area contributed by atoms with Crippen LogP contribution in [0.2, 0.25) is 0 Å². The summed E-state index contributed by atoms with van der Waals surface area (Å²) in [5.74, 6) is 0. The Hall–Kier alpha value is -2.05. The van der Waals surface area contributed by atoms with E-state index in [1.165, 1.54) is 12.1 Å². The van der Waals surface area contributed by atoms with Gasteiger partial charge in [0.25, 0.3) is 0 Å². The lowest BCUT2D eigenvalue weighted by Gasteiger charge is -2.07. The summed E-state index contributed by atoms with van der Waals surface area (Å²) in [5.41, 5.74) is 8.22. The third kappa shape index (κ3) is 3.70. The van der Waals surface area contributed by atoms with E-state index in [0.29, 0.717) is 12.2 Å². The first kappa shape index (κ1) is 13.4. The van der Waals surface area contributed by atoms with Crippen molar-refractivity contribution in [2.75, 3.05) is 11.1 Å². The fraction of sp³-hybridized carbons (Fsp3) is 0.0769. The zero-order valence-corrected chi connectivity index (χ0v) is 11.0. The lowest BCUT2D eigenvalue weighted by atomic mass is 10.2. The lowest BCUT2D eigenvalue weighted by Crippen LogP contribution is -2.12. The van der Waals surface area contributed by atoms with Gasteiger partial charge in [0.15, 0.2) is 0 Å². The molecular weight excluding hydrogens is 262 g/mol. The molecular formula is C13H15N3O2S. The summed E-state index contributed by atoms with van der Waals surface area (Å²) in [6, 6.07) is 13.8. The van der Waals surface area contributed by atoms with Crippen molar-refractivity contribution < 1.29 is 8.42 Å². The molecule has 0 aliphatic rings. The fourth-order valence-electron chi connectivity index (χ4n) is 1.60. The Morgan fingerprint density at radius 1 is 0.947 bits per heavy atom. The van der Waals surface area contributed by atoms with Crippen molar-refractivity contribution in [3.63, 3.8) is 0 Å². The minimum Gasteiger partial charge on any atom is -0.399 e. The van der Waals surface area contributed by atoms with Gasteiger partial charge in [-0.05, 0) is 42.0 Å². The number of primary sulfonamides is 1. The maximum Gasteiger partial charge on any atom is 0.238 e. The van der Waals surface area contributed by atoms with E-state index in [2.05, 4.69) is 5.32 Å². The fourth-order valence-corrected chi connectivity index (χ4v) is 2.12. The second-order valence-electron chi connectivity index (χ2n) is 4.16. The van der Waals surface area contributed by atoms with Gasteiger partial charge >= 0.3 is 0 Å². The van der Waals surface area contributed by atoms with Gasteiger partial charge in [-0.25, -0.2) is 13.6 Å². The second kappa shape index (κ2) is 5.29. The van der Waals surface area contributed by atoms with Crippen LogP contribution >= 0.6 is 0 Å². The van der Waals surface area contributed by atoms with Gasteiger partial charge in [-0.1, -0.05) is 12.1 Å². The first-order valence-electron chi connectivity index (χ1n) is 5.66. The Labute approximate surface area is 112 Å². The highest BCUT2D eigenvalue weighted by atomic mass is 32.2. The third-order valence-electron chi connectivity index (χ3n) is 2.66. The molecule has 0 saturated carbocycles. The Balaban J connectivity index is 2.02. The van der Waals surface area contributed by atoms with E-state index in [9.17, 15) is 8.42 Å². The van der Waals surface area contributed by atoms with Gasteiger partial charge in [0.05, 0.1) is 4.90 Å². The van der Waals surface area contributed by atoms with Gasteiger partial charge in [-0.3, -0.25) is 0 Å². The van der Waals surface area contributed by atoms with Crippen molar-refractivity contribution in [1.82, 2.24) is 0 Å². The molecule has 0 unspecified atom stereocenters. The van der Waals surface area contributed by atoms with Gasteiger partial charge in [0.1, 0.15) is 0 Å². The summed E-state index contributed by atoms with van der Waals surface area (Å²) >= 11 is 0. The molecule has 2 aromatic carbocycles. The van der Waals surface area contributed by atoms with Crippen molar-refractivity contribution >= 4 is 21.4 Å². The van der Waals surface area contributed by atoms with Crippen LogP contribution in [0.15, 0.2) is 53.4 Å². The Kier molecular flexibility index (Phi) is 3.73. The number of rotatable bonds is 4. The molecule has 5 N–H and O–H groups in total. The molecule has 0 aromatic heterocycles. The molecule has 2 rings (SSSR count). The van der Waals surface area contributed by atoms with Gasteiger partial charge in [-0.15, -0.1) is 0 Å². The van der Waals surface area contributed by atoms with E-state index in [0.717, 1.165) is 11.3 Å². The molecule has 5 nitrogen and oxygen atoms in total. The largest absolute Gasteiger partial charge is 0.399 e. The van der Waals surface area contributed by atoms with Gasteiger partial charge in [-0.2, -0.15) is 0 Å². The van der Waals surface area contributed by atoms with Crippen molar-refractivity contribution in [2.24, 2.45) is 5.14 Å². The topological polar surface area (TPSA) is 98.2 Å². The minimum atomic E-state index is -3.63. The Bertz CT molecular complexity index is 649. The zero-order chi connectivity index (χ0) is 13.9. The normalized spacial score (nSPS) is 11.2. The summed E-state index contributed by atoms with van der Waals surface area (Å²) < 4.78 is 22.2. The number of nitrogens with two attached hydrogens (primary N) is 2. The van der Waals surface area contributed by atoms with E-state index in [4.69, 9.17) is 10.9 Å². The predicted octanol–water partition coefficient (Wildman–Crippen LogP) is 1.53. The van der Waals surface area contributed by atoms with Crippen molar-refractivity contribution in [1.29, 1.82) is 0 Å². The zero-order valence-electron chi connectivity index (χ0n) is 10.2. The molecule has 0 fully saturated rings. The average molecular weight is 277 g/mol. The summed E-state index contributed by atoms with van der Waals surface area (Å²) in [7, 11) is -3.63. The molecule has 0 saturated heterocycles. The van der Waals surface area contributed by atoms with Crippen molar-refractivity contribution in [3.05, 3.63) is 54.1 Å². The number of hydrogen-bond acceptors (Lipinski definition) is 4. The SMILES string of the molecule is Nc1ccc(NCc2ccc(S(N)(=O)=O)cc2)cc1. The maximum atomic E-state index is 11.1. The van der Waals surface area contributed by atoms with Gasteiger partial charge in [0.2, 0.25) is 10.0 Å². The maximum absolute atomic E-state index is 11.1. The number of nitrogen functional groups attached to an aromatic ring is 1. The number of benzene rings is 2. The standard InChI is InChI=1S/C13H15N3O2S/c14-11-3-5-12(6-4-11)16-9-10-1-7-13(8-2-10)19(15,17)18/h1-8,16H,9,14H2,(H2,15,17,18). The van der Waals surface area contributed by atoms with Crippen LogP contribution in [0, 0.1) is 0 Å². The van der Waals surface area contributed by atoms with Crippen LogP contribution in [0.25, 0.3) is 0 Å². The number of nitrogens with one attached hydrogen (secondary N) is 1. The predicted molar refractivity (Wildman–Crippen MR) is 76.0 cm³/mol. The van der Waals surface area contributed by atoms with E-state index >= 15 is 0 Å². The Morgan fingerprint density at radius 3 is 2.05 bits per heavy atom. The molecule has 19 heavy (non-hydrogen) atoms. The highest BCUT2D eigenvalue weighted by Gasteiger charge is 2.06. The average Bonchev–Trinajstić information content (AvgIpc) is 2.37. The van der Waals surface area contributed by atoms with Gasteiger partial charge in [0, 0.05) is 17.9 Å². The van der Waals surface area contributed by atoms with E-state index in [-0.39, 0.29) is 4.90 Å². The van der Waals surface area contributed by atoms with E-state index in [1.54, 1.807) is 12.1 Å². The molecule has 0 aliphatic heterocycles. The van der Waals surface area contributed by atoms with E-state index < -0.39 is 10.0 Å². The van der Waals surface area contributed by atoms with Crippen LogP contribution < -0.4 is 16.2 Å². The lowest BCUT2D eigenvalue weighted by molar-refractivity contribution is 0.598. The molecule has 0 spiro atoms. The molecule has 100 valence electrons.